The summed E-state index contributed by atoms with van der Waals surface area (Å²) in [5.74, 6) is -1.65. The number of carbonyl (C=O) groups excluding carboxylic acids is 2. The molecule has 2 N–H and O–H groups in total. The molecular formula is C27H18Cl2N2O4. The molecule has 8 heteroatoms. The summed E-state index contributed by atoms with van der Waals surface area (Å²) < 4.78 is 5.58. The number of halogens is 2. The van der Waals surface area contributed by atoms with E-state index < -0.39 is 17.7 Å². The fourth-order valence-corrected chi connectivity index (χ4v) is 4.31. The van der Waals surface area contributed by atoms with Crippen molar-refractivity contribution in [1.82, 2.24) is 0 Å². The molecule has 1 amide bonds. The zero-order valence-corrected chi connectivity index (χ0v) is 19.6. The number of ketones is 1. The normalized spacial score (nSPS) is 17.1. The van der Waals surface area contributed by atoms with Crippen LogP contribution in [0.1, 0.15) is 17.4 Å². The van der Waals surface area contributed by atoms with Crippen molar-refractivity contribution >= 4 is 57.7 Å². The number of hydrogen-bond donors (Lipinski definition) is 2. The maximum Gasteiger partial charge on any atom is 0.300 e. The zero-order valence-electron chi connectivity index (χ0n) is 18.1. The first-order chi connectivity index (χ1) is 16.9. The third kappa shape index (κ3) is 4.30. The van der Waals surface area contributed by atoms with Crippen molar-refractivity contribution in [3.63, 3.8) is 0 Å². The Hall–Kier alpha value is -4.00. The molecule has 1 aliphatic rings. The topological polar surface area (TPSA) is 82.8 Å². The molecule has 174 valence electrons. The van der Waals surface area contributed by atoms with Gasteiger partial charge in [-0.05, 0) is 66.7 Å². The van der Waals surface area contributed by atoms with Gasteiger partial charge < -0.3 is 14.8 Å². The monoisotopic (exact) mass is 504 g/mol. The van der Waals surface area contributed by atoms with Crippen LogP contribution in [0.2, 0.25) is 10.0 Å². The number of nitrogens with zero attached hydrogens (tertiary/aromatic N) is 1. The molecule has 3 aromatic carbocycles. The van der Waals surface area contributed by atoms with Crippen molar-refractivity contribution < 1.29 is 19.1 Å². The molecule has 1 saturated heterocycles. The minimum absolute atomic E-state index is 0.102. The maximum absolute atomic E-state index is 13.2. The Kier molecular flexibility index (Phi) is 6.07. The molecule has 1 aromatic heterocycles. The Labute approximate surface area is 211 Å². The Morgan fingerprint density at radius 1 is 0.857 bits per heavy atom. The van der Waals surface area contributed by atoms with Crippen LogP contribution >= 0.6 is 23.2 Å². The zero-order chi connectivity index (χ0) is 24.5. The highest BCUT2D eigenvalue weighted by Crippen LogP contribution is 2.43. The molecule has 1 atom stereocenters. The predicted molar refractivity (Wildman–Crippen MR) is 136 cm³/mol. The van der Waals surface area contributed by atoms with Gasteiger partial charge in [-0.2, -0.15) is 0 Å². The van der Waals surface area contributed by atoms with Crippen molar-refractivity contribution in [1.29, 1.82) is 0 Å². The first-order valence-electron chi connectivity index (χ1n) is 10.7. The number of aliphatic hydroxyl groups is 1. The van der Waals surface area contributed by atoms with Gasteiger partial charge in [0, 0.05) is 22.6 Å². The standard InChI is InChI=1S/C27H18Cl2N2O4/c28-20-13-8-16(15-21(20)29)25(32)23-24(22-7-4-14-35-22)31(27(34)26(23)33)19-11-9-18(10-12-19)30-17-5-2-1-3-6-17/h1-15,24,30,32H/b25-23-. The number of para-hydroxylation sites is 1. The van der Waals surface area contributed by atoms with Gasteiger partial charge >= 0.3 is 0 Å². The van der Waals surface area contributed by atoms with E-state index in [0.717, 1.165) is 11.4 Å². The fourth-order valence-electron chi connectivity index (χ4n) is 4.01. The van der Waals surface area contributed by atoms with E-state index in [0.29, 0.717) is 16.5 Å². The van der Waals surface area contributed by atoms with Crippen LogP contribution in [0, 0.1) is 0 Å². The SMILES string of the molecule is O=C1C(=O)N(c2ccc(Nc3ccccc3)cc2)C(c2ccco2)/C1=C(/O)c1ccc(Cl)c(Cl)c1. The molecule has 35 heavy (non-hydrogen) atoms. The van der Waals surface area contributed by atoms with E-state index >= 15 is 0 Å². The van der Waals surface area contributed by atoms with E-state index in [9.17, 15) is 14.7 Å². The first-order valence-corrected chi connectivity index (χ1v) is 11.4. The van der Waals surface area contributed by atoms with E-state index in [1.54, 1.807) is 36.4 Å². The van der Waals surface area contributed by atoms with Crippen LogP contribution in [0.5, 0.6) is 0 Å². The number of amides is 1. The maximum atomic E-state index is 13.2. The molecule has 2 heterocycles. The molecular weight excluding hydrogens is 487 g/mol. The first kappa shape index (κ1) is 22.8. The highest BCUT2D eigenvalue weighted by Gasteiger charge is 2.48. The van der Waals surface area contributed by atoms with E-state index in [-0.39, 0.29) is 21.9 Å². The molecule has 0 bridgehead atoms. The summed E-state index contributed by atoms with van der Waals surface area (Å²) in [6.07, 6.45) is 1.45. The van der Waals surface area contributed by atoms with Gasteiger partial charge in [-0.1, -0.05) is 41.4 Å². The number of aliphatic hydroxyl groups excluding tert-OH is 1. The van der Waals surface area contributed by atoms with Crippen molar-refractivity contribution in [2.24, 2.45) is 0 Å². The minimum Gasteiger partial charge on any atom is -0.507 e. The molecule has 4 aromatic rings. The lowest BCUT2D eigenvalue weighted by Crippen LogP contribution is -2.29. The number of anilines is 3. The average Bonchev–Trinajstić information content (AvgIpc) is 3.49. The van der Waals surface area contributed by atoms with E-state index in [1.165, 1.54) is 29.4 Å². The van der Waals surface area contributed by atoms with Gasteiger partial charge in [0.1, 0.15) is 17.6 Å². The highest BCUT2D eigenvalue weighted by molar-refractivity contribution is 6.51. The van der Waals surface area contributed by atoms with Crippen molar-refractivity contribution in [2.75, 3.05) is 10.2 Å². The molecule has 5 rings (SSSR count). The van der Waals surface area contributed by atoms with Crippen LogP contribution in [0.15, 0.2) is 101 Å². The molecule has 1 fully saturated rings. The Morgan fingerprint density at radius 2 is 1.57 bits per heavy atom. The summed E-state index contributed by atoms with van der Waals surface area (Å²) in [5, 5.41) is 14.9. The number of nitrogens with one attached hydrogen (secondary N) is 1. The summed E-state index contributed by atoms with van der Waals surface area (Å²) in [6, 6.07) is 23.5. The smallest absolute Gasteiger partial charge is 0.300 e. The Bertz CT molecular complexity index is 1430. The second kappa shape index (κ2) is 9.33. The summed E-state index contributed by atoms with van der Waals surface area (Å²) in [4.78, 5) is 27.6. The molecule has 0 spiro atoms. The lowest BCUT2D eigenvalue weighted by atomic mass is 9.99. The van der Waals surface area contributed by atoms with Crippen molar-refractivity contribution in [2.45, 2.75) is 6.04 Å². The summed E-state index contributed by atoms with van der Waals surface area (Å²) >= 11 is 12.1. The molecule has 0 radical (unpaired) electrons. The molecule has 1 aliphatic heterocycles. The lowest BCUT2D eigenvalue weighted by Gasteiger charge is -2.23. The van der Waals surface area contributed by atoms with Gasteiger partial charge in [-0.25, -0.2) is 0 Å². The van der Waals surface area contributed by atoms with Gasteiger partial charge in [-0.3, -0.25) is 14.5 Å². The Balaban J connectivity index is 1.56. The van der Waals surface area contributed by atoms with Gasteiger partial charge in [0.15, 0.2) is 0 Å². The average molecular weight is 505 g/mol. The number of rotatable bonds is 5. The second-order valence-electron chi connectivity index (χ2n) is 7.85. The molecule has 1 unspecified atom stereocenters. The number of Topliss-reactive ketones (excluding diaryl/α,β-unsaturated/α-hetero) is 1. The minimum atomic E-state index is -0.965. The van der Waals surface area contributed by atoms with Crippen molar-refractivity contribution in [3.8, 4) is 0 Å². The highest BCUT2D eigenvalue weighted by atomic mass is 35.5. The van der Waals surface area contributed by atoms with Gasteiger partial charge in [0.2, 0.25) is 0 Å². The van der Waals surface area contributed by atoms with E-state index in [4.69, 9.17) is 27.6 Å². The van der Waals surface area contributed by atoms with Gasteiger partial charge in [0.05, 0.1) is 21.9 Å². The largest absolute Gasteiger partial charge is 0.507 e. The van der Waals surface area contributed by atoms with Crippen molar-refractivity contribution in [3.05, 3.63) is 118 Å². The predicted octanol–water partition coefficient (Wildman–Crippen LogP) is 6.96. The van der Waals surface area contributed by atoms with Gasteiger partial charge in [0.25, 0.3) is 11.7 Å². The number of benzene rings is 3. The van der Waals surface area contributed by atoms with Crippen LogP contribution in [-0.4, -0.2) is 16.8 Å². The number of furan rings is 1. The summed E-state index contributed by atoms with van der Waals surface area (Å²) in [6.45, 7) is 0. The Morgan fingerprint density at radius 3 is 2.23 bits per heavy atom. The number of carbonyl (C=O) groups is 2. The quantitative estimate of drug-likeness (QED) is 0.174. The second-order valence-corrected chi connectivity index (χ2v) is 8.67. The lowest BCUT2D eigenvalue weighted by molar-refractivity contribution is -0.132. The number of hydrogen-bond acceptors (Lipinski definition) is 5. The molecule has 0 saturated carbocycles. The summed E-state index contributed by atoms with van der Waals surface area (Å²) in [5.41, 5.74) is 2.35. The molecule has 0 aliphatic carbocycles. The van der Waals surface area contributed by atoms with E-state index in [1.807, 2.05) is 30.3 Å². The van der Waals surface area contributed by atoms with Crippen LogP contribution in [-0.2, 0) is 9.59 Å². The van der Waals surface area contributed by atoms with Crippen LogP contribution < -0.4 is 10.2 Å². The summed E-state index contributed by atoms with van der Waals surface area (Å²) in [7, 11) is 0. The third-order valence-corrected chi connectivity index (χ3v) is 6.40. The fraction of sp³-hybridized carbons (Fsp3) is 0.0370. The third-order valence-electron chi connectivity index (χ3n) is 5.66. The van der Waals surface area contributed by atoms with Crippen LogP contribution in [0.4, 0.5) is 17.1 Å². The van der Waals surface area contributed by atoms with Crippen LogP contribution in [0.25, 0.3) is 5.76 Å². The van der Waals surface area contributed by atoms with Gasteiger partial charge in [-0.15, -0.1) is 0 Å². The van der Waals surface area contributed by atoms with E-state index in [2.05, 4.69) is 5.32 Å². The molecule has 6 nitrogen and oxygen atoms in total. The van der Waals surface area contributed by atoms with Crippen LogP contribution in [0.3, 0.4) is 0 Å².